The molecule has 0 aliphatic heterocycles. The zero-order valence-electron chi connectivity index (χ0n) is 12.8. The summed E-state index contributed by atoms with van der Waals surface area (Å²) in [6.45, 7) is 2.68. The first-order chi connectivity index (χ1) is 9.61. The maximum atomic E-state index is 12.3. The highest BCUT2D eigenvalue weighted by Gasteiger charge is 2.24. The summed E-state index contributed by atoms with van der Waals surface area (Å²) in [6.07, 6.45) is 7.97. The van der Waals surface area contributed by atoms with E-state index in [2.05, 4.69) is 15.7 Å². The van der Waals surface area contributed by atoms with Gasteiger partial charge in [-0.3, -0.25) is 9.48 Å². The first-order valence-corrected chi connectivity index (χ1v) is 7.60. The molecule has 2 rings (SSSR count). The molecule has 1 fully saturated rings. The van der Waals surface area contributed by atoms with Crippen molar-refractivity contribution in [3.63, 3.8) is 0 Å². The van der Waals surface area contributed by atoms with E-state index in [9.17, 15) is 4.79 Å². The van der Waals surface area contributed by atoms with Gasteiger partial charge in [0, 0.05) is 31.7 Å². The number of hydrogen-bond acceptors (Lipinski definition) is 3. The molecule has 0 spiro atoms. The Bertz CT molecular complexity index is 449. The number of carbonyl (C=O) groups is 1. The van der Waals surface area contributed by atoms with E-state index in [0.29, 0.717) is 12.5 Å². The Morgan fingerprint density at radius 1 is 1.45 bits per heavy atom. The lowest BCUT2D eigenvalue weighted by Crippen LogP contribution is -2.37. The van der Waals surface area contributed by atoms with Gasteiger partial charge in [0.05, 0.1) is 11.3 Å². The molecule has 1 aromatic rings. The third kappa shape index (κ3) is 3.60. The fourth-order valence-corrected chi connectivity index (χ4v) is 2.80. The second kappa shape index (κ2) is 6.88. The summed E-state index contributed by atoms with van der Waals surface area (Å²) < 4.78 is 1.76. The summed E-state index contributed by atoms with van der Waals surface area (Å²) in [5.74, 6) is 0.452. The summed E-state index contributed by atoms with van der Waals surface area (Å²) in [4.78, 5) is 12.3. The molecule has 0 radical (unpaired) electrons. The average Bonchev–Trinajstić information content (AvgIpc) is 2.87. The molecule has 20 heavy (non-hydrogen) atoms. The molecule has 2 N–H and O–H groups in total. The van der Waals surface area contributed by atoms with Crippen molar-refractivity contribution < 1.29 is 4.79 Å². The van der Waals surface area contributed by atoms with Gasteiger partial charge in [0.2, 0.25) is 0 Å². The van der Waals surface area contributed by atoms with E-state index in [1.165, 1.54) is 19.3 Å². The topological polar surface area (TPSA) is 58.9 Å². The van der Waals surface area contributed by atoms with Gasteiger partial charge in [-0.05, 0) is 26.8 Å². The van der Waals surface area contributed by atoms with E-state index in [1.807, 2.05) is 27.2 Å². The smallest absolute Gasteiger partial charge is 0.254 e. The normalized spacial score (nSPS) is 17.9. The van der Waals surface area contributed by atoms with Crippen molar-refractivity contribution in [2.45, 2.75) is 51.0 Å². The Labute approximate surface area is 121 Å². The van der Waals surface area contributed by atoms with Crippen molar-refractivity contribution in [2.75, 3.05) is 13.6 Å². The molecule has 1 saturated carbocycles. The molecule has 5 nitrogen and oxygen atoms in total. The van der Waals surface area contributed by atoms with Gasteiger partial charge in [-0.2, -0.15) is 5.10 Å². The molecule has 112 valence electrons. The molecule has 1 amide bonds. The lowest BCUT2D eigenvalue weighted by atomic mass is 9.85. The van der Waals surface area contributed by atoms with Crippen molar-refractivity contribution in [3.8, 4) is 0 Å². The van der Waals surface area contributed by atoms with Crippen LogP contribution in [0.3, 0.4) is 0 Å². The van der Waals surface area contributed by atoms with Crippen LogP contribution in [-0.2, 0) is 7.05 Å². The zero-order chi connectivity index (χ0) is 14.5. The van der Waals surface area contributed by atoms with Crippen LogP contribution >= 0.6 is 0 Å². The second-order valence-corrected chi connectivity index (χ2v) is 5.84. The maximum absolute atomic E-state index is 12.3. The molecule has 1 aliphatic rings. The third-order valence-electron chi connectivity index (χ3n) is 4.16. The van der Waals surface area contributed by atoms with E-state index in [0.717, 1.165) is 24.1 Å². The van der Waals surface area contributed by atoms with Gasteiger partial charge < -0.3 is 10.6 Å². The van der Waals surface area contributed by atoms with E-state index < -0.39 is 0 Å². The summed E-state index contributed by atoms with van der Waals surface area (Å²) in [6, 6.07) is 0.272. The van der Waals surface area contributed by atoms with E-state index in [-0.39, 0.29) is 11.9 Å². The number of amides is 1. The van der Waals surface area contributed by atoms with E-state index in [1.54, 1.807) is 4.68 Å². The van der Waals surface area contributed by atoms with Crippen molar-refractivity contribution in [3.05, 3.63) is 17.5 Å². The minimum atomic E-state index is 0.000716. The second-order valence-electron chi connectivity index (χ2n) is 5.84. The average molecular weight is 278 g/mol. The molecule has 1 unspecified atom stereocenters. The van der Waals surface area contributed by atoms with Crippen molar-refractivity contribution >= 4 is 5.91 Å². The van der Waals surface area contributed by atoms with Crippen LogP contribution in [0.4, 0.5) is 0 Å². The molecule has 1 atom stereocenters. The fraction of sp³-hybridized carbons (Fsp3) is 0.733. The summed E-state index contributed by atoms with van der Waals surface area (Å²) in [5.41, 5.74) is 1.74. The first kappa shape index (κ1) is 15.0. The van der Waals surface area contributed by atoms with Crippen LogP contribution in [0.15, 0.2) is 6.20 Å². The highest BCUT2D eigenvalue weighted by Crippen LogP contribution is 2.33. The molecule has 0 bridgehead atoms. The number of likely N-dealkylation sites (N-methyl/N-ethyl adjacent to an activating group) is 1. The lowest BCUT2D eigenvalue weighted by Gasteiger charge is -2.20. The van der Waals surface area contributed by atoms with Crippen LogP contribution in [0.1, 0.15) is 61.0 Å². The monoisotopic (exact) mass is 278 g/mol. The van der Waals surface area contributed by atoms with Gasteiger partial charge >= 0.3 is 0 Å². The molecule has 1 aromatic heterocycles. The zero-order valence-corrected chi connectivity index (χ0v) is 12.8. The van der Waals surface area contributed by atoms with Gasteiger partial charge in [-0.15, -0.1) is 0 Å². The van der Waals surface area contributed by atoms with Gasteiger partial charge in [0.1, 0.15) is 0 Å². The first-order valence-electron chi connectivity index (χ1n) is 7.60. The van der Waals surface area contributed by atoms with Crippen LogP contribution in [0.25, 0.3) is 0 Å². The molecule has 0 saturated heterocycles. The Morgan fingerprint density at radius 2 is 2.15 bits per heavy atom. The van der Waals surface area contributed by atoms with Crippen molar-refractivity contribution in [2.24, 2.45) is 7.05 Å². The number of hydrogen-bond donors (Lipinski definition) is 2. The largest absolute Gasteiger partial charge is 0.350 e. The van der Waals surface area contributed by atoms with Crippen LogP contribution in [-0.4, -0.2) is 35.3 Å². The summed E-state index contributed by atoms with van der Waals surface area (Å²) in [5, 5.41) is 10.6. The van der Waals surface area contributed by atoms with Crippen LogP contribution in [0.2, 0.25) is 0 Å². The predicted molar refractivity (Wildman–Crippen MR) is 79.9 cm³/mol. The Kier molecular flexibility index (Phi) is 5.17. The standard InChI is InChI=1S/C15H26N4O/c1-11(16-2)9-17-15(20)13-10-19(3)18-14(13)12-7-5-4-6-8-12/h10-12,16H,4-9H2,1-3H3,(H,17,20). The Morgan fingerprint density at radius 3 is 2.80 bits per heavy atom. The van der Waals surface area contributed by atoms with Crippen molar-refractivity contribution in [1.82, 2.24) is 20.4 Å². The molecular formula is C15H26N4O. The van der Waals surface area contributed by atoms with Crippen molar-refractivity contribution in [1.29, 1.82) is 0 Å². The number of rotatable bonds is 5. The number of aryl methyl sites for hydroxylation is 1. The molecule has 1 heterocycles. The predicted octanol–water partition coefficient (Wildman–Crippen LogP) is 1.81. The van der Waals surface area contributed by atoms with Crippen LogP contribution < -0.4 is 10.6 Å². The SMILES string of the molecule is CNC(C)CNC(=O)c1cn(C)nc1C1CCCCC1. The van der Waals surface area contributed by atoms with E-state index >= 15 is 0 Å². The Hall–Kier alpha value is -1.36. The maximum Gasteiger partial charge on any atom is 0.254 e. The van der Waals surface area contributed by atoms with Gasteiger partial charge in [-0.1, -0.05) is 19.3 Å². The van der Waals surface area contributed by atoms with Gasteiger partial charge in [0.15, 0.2) is 0 Å². The number of nitrogens with one attached hydrogen (secondary N) is 2. The van der Waals surface area contributed by atoms with Crippen LogP contribution in [0.5, 0.6) is 0 Å². The van der Waals surface area contributed by atoms with Crippen LogP contribution in [0, 0.1) is 0 Å². The Balaban J connectivity index is 2.08. The van der Waals surface area contributed by atoms with E-state index in [4.69, 9.17) is 0 Å². The highest BCUT2D eigenvalue weighted by atomic mass is 16.1. The quantitative estimate of drug-likeness (QED) is 0.863. The summed E-state index contributed by atoms with van der Waals surface area (Å²) >= 11 is 0. The minimum Gasteiger partial charge on any atom is -0.350 e. The molecule has 5 heteroatoms. The number of carbonyl (C=O) groups excluding carboxylic acids is 1. The van der Waals surface area contributed by atoms with Gasteiger partial charge in [0.25, 0.3) is 5.91 Å². The third-order valence-corrected chi connectivity index (χ3v) is 4.16. The van der Waals surface area contributed by atoms with Gasteiger partial charge in [-0.25, -0.2) is 0 Å². The minimum absolute atomic E-state index is 0.000716. The summed E-state index contributed by atoms with van der Waals surface area (Å²) in [7, 11) is 3.79. The number of aromatic nitrogens is 2. The highest BCUT2D eigenvalue weighted by molar-refractivity contribution is 5.95. The fourth-order valence-electron chi connectivity index (χ4n) is 2.80. The lowest BCUT2D eigenvalue weighted by molar-refractivity contribution is 0.0948. The number of nitrogens with zero attached hydrogens (tertiary/aromatic N) is 2. The molecule has 1 aliphatic carbocycles. The molecule has 0 aromatic carbocycles. The molecular weight excluding hydrogens is 252 g/mol.